The molecule has 1 heterocycles. The number of amides is 3. The van der Waals surface area contributed by atoms with Crippen molar-refractivity contribution >= 4 is 33.6 Å². The number of anilines is 1. The maximum absolute atomic E-state index is 13.3. The second-order valence-electron chi connectivity index (χ2n) is 7.00. The molecular weight excluding hydrogens is 392 g/mol. The van der Waals surface area contributed by atoms with Crippen molar-refractivity contribution < 1.29 is 9.59 Å². The van der Waals surface area contributed by atoms with Gasteiger partial charge in [0.25, 0.3) is 0 Å². The number of rotatable bonds is 3. The smallest absolute Gasteiger partial charge is 0.316 e. The first kappa shape index (κ1) is 17.3. The van der Waals surface area contributed by atoms with Gasteiger partial charge in [-0.2, -0.15) is 0 Å². The SMILES string of the molecule is O=C1C2CCCCC2N(Cc2ccc(Br)cc2)C(=O)N1c1ccccc1. The van der Waals surface area contributed by atoms with Crippen LogP contribution in [0.4, 0.5) is 10.5 Å². The minimum atomic E-state index is -0.202. The van der Waals surface area contributed by atoms with Crippen LogP contribution in [0.15, 0.2) is 59.1 Å². The standard InChI is InChI=1S/C21H21BrN2O2/c22-16-12-10-15(11-13-16)14-23-19-9-5-4-8-18(19)20(25)24(21(23)26)17-6-2-1-3-7-17/h1-3,6-7,10-13,18-19H,4-5,8-9,14H2. The minimum absolute atomic E-state index is 0.00681. The van der Waals surface area contributed by atoms with E-state index in [-0.39, 0.29) is 23.9 Å². The fourth-order valence-corrected chi connectivity index (χ4v) is 4.35. The van der Waals surface area contributed by atoms with Crippen molar-refractivity contribution in [3.63, 3.8) is 0 Å². The molecule has 2 fully saturated rings. The van der Waals surface area contributed by atoms with Crippen molar-refractivity contribution in [2.45, 2.75) is 38.3 Å². The summed E-state index contributed by atoms with van der Waals surface area (Å²) in [6, 6.07) is 17.1. The van der Waals surface area contributed by atoms with Gasteiger partial charge in [0.15, 0.2) is 0 Å². The Morgan fingerprint density at radius 2 is 1.62 bits per heavy atom. The van der Waals surface area contributed by atoms with Crippen LogP contribution in [0, 0.1) is 5.92 Å². The van der Waals surface area contributed by atoms with Crippen molar-refractivity contribution in [3.05, 3.63) is 64.6 Å². The van der Waals surface area contributed by atoms with E-state index in [1.165, 1.54) is 4.90 Å². The normalized spacial score (nSPS) is 23.1. The monoisotopic (exact) mass is 412 g/mol. The highest BCUT2D eigenvalue weighted by Crippen LogP contribution is 2.37. The van der Waals surface area contributed by atoms with E-state index in [1.54, 1.807) is 0 Å². The molecule has 1 aliphatic carbocycles. The second kappa shape index (κ2) is 7.23. The Kier molecular flexibility index (Phi) is 4.81. The highest BCUT2D eigenvalue weighted by atomic mass is 79.9. The van der Waals surface area contributed by atoms with Crippen molar-refractivity contribution in [2.75, 3.05) is 4.90 Å². The molecule has 134 valence electrons. The number of hydrogen-bond acceptors (Lipinski definition) is 2. The van der Waals surface area contributed by atoms with Gasteiger partial charge in [-0.15, -0.1) is 0 Å². The molecule has 2 aromatic rings. The Hall–Kier alpha value is -2.14. The highest BCUT2D eigenvalue weighted by molar-refractivity contribution is 9.10. The van der Waals surface area contributed by atoms with E-state index in [0.717, 1.165) is 35.7 Å². The zero-order valence-electron chi connectivity index (χ0n) is 14.5. The van der Waals surface area contributed by atoms with Crippen LogP contribution in [0.25, 0.3) is 0 Å². The summed E-state index contributed by atoms with van der Waals surface area (Å²) in [5, 5.41) is 0. The lowest BCUT2D eigenvalue weighted by Crippen LogP contribution is -2.62. The second-order valence-corrected chi connectivity index (χ2v) is 7.92. The van der Waals surface area contributed by atoms with Crippen LogP contribution in [0.1, 0.15) is 31.2 Å². The van der Waals surface area contributed by atoms with Crippen molar-refractivity contribution in [1.29, 1.82) is 0 Å². The number of carbonyl (C=O) groups is 2. The van der Waals surface area contributed by atoms with Crippen LogP contribution >= 0.6 is 15.9 Å². The molecule has 4 rings (SSSR count). The fourth-order valence-electron chi connectivity index (χ4n) is 4.09. The number of imide groups is 1. The fraction of sp³-hybridized carbons (Fsp3) is 0.333. The number of nitrogens with zero attached hydrogens (tertiary/aromatic N) is 2. The van der Waals surface area contributed by atoms with Gasteiger partial charge in [-0.25, -0.2) is 9.69 Å². The van der Waals surface area contributed by atoms with E-state index in [0.29, 0.717) is 12.2 Å². The van der Waals surface area contributed by atoms with Crippen molar-refractivity contribution in [3.8, 4) is 0 Å². The molecule has 0 bridgehead atoms. The highest BCUT2D eigenvalue weighted by Gasteiger charge is 2.47. The third-order valence-electron chi connectivity index (χ3n) is 5.38. The van der Waals surface area contributed by atoms with Crippen LogP contribution in [-0.2, 0) is 11.3 Å². The molecule has 2 atom stereocenters. The zero-order valence-corrected chi connectivity index (χ0v) is 16.1. The van der Waals surface area contributed by atoms with Crippen LogP contribution in [-0.4, -0.2) is 22.9 Å². The lowest BCUT2D eigenvalue weighted by molar-refractivity contribution is -0.126. The Morgan fingerprint density at radius 1 is 0.923 bits per heavy atom. The number of fused-ring (bicyclic) bond motifs is 1. The maximum Gasteiger partial charge on any atom is 0.331 e. The Bertz CT molecular complexity index is 807. The quantitative estimate of drug-likeness (QED) is 0.713. The van der Waals surface area contributed by atoms with Gasteiger partial charge in [-0.3, -0.25) is 4.79 Å². The summed E-state index contributed by atoms with van der Waals surface area (Å²) < 4.78 is 1.02. The van der Waals surface area contributed by atoms with Gasteiger partial charge in [0.1, 0.15) is 0 Å². The van der Waals surface area contributed by atoms with Gasteiger partial charge < -0.3 is 4.90 Å². The first-order valence-electron chi connectivity index (χ1n) is 9.09. The summed E-state index contributed by atoms with van der Waals surface area (Å²) in [7, 11) is 0. The average molecular weight is 413 g/mol. The number of benzene rings is 2. The Balaban J connectivity index is 1.69. The molecule has 26 heavy (non-hydrogen) atoms. The summed E-state index contributed by atoms with van der Waals surface area (Å²) in [4.78, 5) is 29.7. The number of carbonyl (C=O) groups excluding carboxylic acids is 2. The van der Waals surface area contributed by atoms with Crippen LogP contribution in [0.5, 0.6) is 0 Å². The summed E-state index contributed by atoms with van der Waals surface area (Å²) in [6.45, 7) is 0.532. The summed E-state index contributed by atoms with van der Waals surface area (Å²) in [5.41, 5.74) is 1.74. The predicted octanol–water partition coefficient (Wildman–Crippen LogP) is 4.98. The third kappa shape index (κ3) is 3.16. The third-order valence-corrected chi connectivity index (χ3v) is 5.91. The van der Waals surface area contributed by atoms with Gasteiger partial charge in [0.2, 0.25) is 5.91 Å². The first-order chi connectivity index (χ1) is 12.6. The minimum Gasteiger partial charge on any atom is -0.316 e. The van der Waals surface area contributed by atoms with Gasteiger partial charge in [0.05, 0.1) is 11.6 Å². The van der Waals surface area contributed by atoms with Gasteiger partial charge >= 0.3 is 6.03 Å². The van der Waals surface area contributed by atoms with Crippen molar-refractivity contribution in [2.24, 2.45) is 5.92 Å². The van der Waals surface area contributed by atoms with E-state index in [4.69, 9.17) is 0 Å². The van der Waals surface area contributed by atoms with Gasteiger partial charge in [-0.1, -0.05) is 59.1 Å². The number of halogens is 1. The number of para-hydroxylation sites is 1. The first-order valence-corrected chi connectivity index (χ1v) is 9.88. The van der Waals surface area contributed by atoms with E-state index in [9.17, 15) is 9.59 Å². The van der Waals surface area contributed by atoms with Crippen LogP contribution in [0.2, 0.25) is 0 Å². The predicted molar refractivity (Wildman–Crippen MR) is 105 cm³/mol. The molecule has 2 aromatic carbocycles. The molecule has 1 saturated carbocycles. The zero-order chi connectivity index (χ0) is 18.1. The van der Waals surface area contributed by atoms with Crippen LogP contribution < -0.4 is 4.90 Å². The average Bonchev–Trinajstić information content (AvgIpc) is 2.68. The molecule has 1 saturated heterocycles. The topological polar surface area (TPSA) is 40.6 Å². The molecule has 5 heteroatoms. The molecule has 2 aliphatic rings. The summed E-state index contributed by atoms with van der Waals surface area (Å²) >= 11 is 3.45. The Labute approximate surface area is 161 Å². The van der Waals surface area contributed by atoms with Crippen molar-refractivity contribution in [1.82, 2.24) is 4.90 Å². The molecule has 0 aromatic heterocycles. The number of urea groups is 1. The van der Waals surface area contributed by atoms with E-state index < -0.39 is 0 Å². The summed E-state index contributed by atoms with van der Waals surface area (Å²) in [6.07, 6.45) is 3.89. The molecule has 3 amide bonds. The lowest BCUT2D eigenvalue weighted by atomic mass is 9.81. The van der Waals surface area contributed by atoms with Crippen LogP contribution in [0.3, 0.4) is 0 Å². The van der Waals surface area contributed by atoms with E-state index in [2.05, 4.69) is 15.9 Å². The lowest BCUT2D eigenvalue weighted by Gasteiger charge is -2.46. The Morgan fingerprint density at radius 3 is 2.35 bits per heavy atom. The van der Waals surface area contributed by atoms with E-state index >= 15 is 0 Å². The van der Waals surface area contributed by atoms with E-state index in [1.807, 2.05) is 59.5 Å². The molecule has 1 aliphatic heterocycles. The molecule has 4 nitrogen and oxygen atoms in total. The molecule has 2 unspecified atom stereocenters. The largest absolute Gasteiger partial charge is 0.331 e. The molecule has 0 N–H and O–H groups in total. The van der Waals surface area contributed by atoms with Gasteiger partial charge in [-0.05, 0) is 42.7 Å². The molecule has 0 spiro atoms. The summed E-state index contributed by atoms with van der Waals surface area (Å²) in [5.74, 6) is -0.143. The maximum atomic E-state index is 13.3. The number of hydrogen-bond donors (Lipinski definition) is 0. The molecular formula is C21H21BrN2O2. The van der Waals surface area contributed by atoms with Gasteiger partial charge in [0, 0.05) is 17.1 Å². The molecule has 0 radical (unpaired) electrons.